The fourth-order valence-corrected chi connectivity index (χ4v) is 3.65. The Labute approximate surface area is 163 Å². The second-order valence-corrected chi connectivity index (χ2v) is 7.32. The van der Waals surface area contributed by atoms with E-state index in [2.05, 4.69) is 29.5 Å². The molecule has 0 bridgehead atoms. The average Bonchev–Trinajstić information content (AvgIpc) is 3.43. The molecule has 3 heterocycles. The van der Waals surface area contributed by atoms with Gasteiger partial charge in [0.1, 0.15) is 12.3 Å². The Morgan fingerprint density at radius 3 is 2.75 bits per heavy atom. The smallest absolute Gasteiger partial charge is 0.331 e. The van der Waals surface area contributed by atoms with Crippen molar-refractivity contribution in [3.63, 3.8) is 0 Å². The number of fused-ring (bicyclic) bond motifs is 1. The van der Waals surface area contributed by atoms with Crippen LogP contribution in [0.3, 0.4) is 0 Å². The topological polar surface area (TPSA) is 65.6 Å². The minimum Gasteiger partial charge on any atom is -0.456 e. The van der Waals surface area contributed by atoms with Crippen LogP contribution in [0.25, 0.3) is 11.7 Å². The fourth-order valence-electron chi connectivity index (χ4n) is 3.65. The van der Waals surface area contributed by atoms with Crippen LogP contribution in [0.4, 0.5) is 0 Å². The second-order valence-electron chi connectivity index (χ2n) is 7.32. The lowest BCUT2D eigenvalue weighted by atomic mass is 10.2. The second kappa shape index (κ2) is 7.11. The van der Waals surface area contributed by atoms with Crippen LogP contribution < -0.4 is 5.56 Å². The molecule has 0 unspecified atom stereocenters. The van der Waals surface area contributed by atoms with Gasteiger partial charge in [-0.1, -0.05) is 6.07 Å². The summed E-state index contributed by atoms with van der Waals surface area (Å²) in [5.41, 5.74) is 5.01. The highest BCUT2D eigenvalue weighted by Gasteiger charge is 2.26. The van der Waals surface area contributed by atoms with Crippen LogP contribution in [0.2, 0.25) is 0 Å². The minimum absolute atomic E-state index is 0.0377. The lowest BCUT2D eigenvalue weighted by Crippen LogP contribution is -2.18. The SMILES string of the molecule is Cc1cc(/C=C/C(=O)OCc2cc(=O)n3c(C)cccc3n2)c(C)n1C1CC1. The van der Waals surface area contributed by atoms with Crippen molar-refractivity contribution < 1.29 is 9.53 Å². The minimum atomic E-state index is -0.456. The maximum Gasteiger partial charge on any atom is 0.331 e. The number of carbonyl (C=O) groups is 1. The zero-order chi connectivity index (χ0) is 19.8. The Morgan fingerprint density at radius 2 is 2.00 bits per heavy atom. The molecule has 0 aliphatic heterocycles. The van der Waals surface area contributed by atoms with Crippen molar-refractivity contribution in [1.29, 1.82) is 0 Å². The van der Waals surface area contributed by atoms with Crippen molar-refractivity contribution in [3.8, 4) is 0 Å². The molecule has 0 N–H and O–H groups in total. The highest BCUT2D eigenvalue weighted by Crippen LogP contribution is 2.38. The molecule has 0 aromatic carbocycles. The molecule has 28 heavy (non-hydrogen) atoms. The van der Waals surface area contributed by atoms with E-state index in [1.165, 1.54) is 40.8 Å². The highest BCUT2D eigenvalue weighted by molar-refractivity contribution is 5.87. The molecule has 0 radical (unpaired) electrons. The molecule has 3 aromatic rings. The monoisotopic (exact) mass is 377 g/mol. The molecule has 144 valence electrons. The summed E-state index contributed by atoms with van der Waals surface area (Å²) in [5, 5.41) is 0. The Balaban J connectivity index is 1.45. The molecule has 1 saturated carbocycles. The number of rotatable bonds is 5. The third-order valence-electron chi connectivity index (χ3n) is 5.13. The van der Waals surface area contributed by atoms with Gasteiger partial charge in [0.05, 0.1) is 5.69 Å². The van der Waals surface area contributed by atoms with Crippen molar-refractivity contribution >= 4 is 17.7 Å². The van der Waals surface area contributed by atoms with Gasteiger partial charge >= 0.3 is 5.97 Å². The van der Waals surface area contributed by atoms with Crippen molar-refractivity contribution in [2.45, 2.75) is 46.3 Å². The van der Waals surface area contributed by atoms with Crippen molar-refractivity contribution in [2.24, 2.45) is 0 Å². The average molecular weight is 377 g/mol. The molecule has 0 amide bonds. The summed E-state index contributed by atoms with van der Waals surface area (Å²) in [6, 6.07) is 9.55. The van der Waals surface area contributed by atoms with Gasteiger partial charge in [-0.05, 0) is 63.5 Å². The van der Waals surface area contributed by atoms with Crippen molar-refractivity contribution in [1.82, 2.24) is 14.0 Å². The van der Waals surface area contributed by atoms with Crippen LogP contribution in [0.1, 0.15) is 47.2 Å². The summed E-state index contributed by atoms with van der Waals surface area (Å²) in [5.74, 6) is -0.456. The maximum atomic E-state index is 12.3. The molecule has 3 aromatic heterocycles. The molecular weight excluding hydrogens is 354 g/mol. The van der Waals surface area contributed by atoms with E-state index in [0.29, 0.717) is 17.4 Å². The van der Waals surface area contributed by atoms with Gasteiger partial charge < -0.3 is 9.30 Å². The number of pyridine rings is 1. The van der Waals surface area contributed by atoms with Crippen molar-refractivity contribution in [3.05, 3.63) is 75.1 Å². The Kier molecular flexibility index (Phi) is 4.63. The van der Waals surface area contributed by atoms with E-state index < -0.39 is 5.97 Å². The largest absolute Gasteiger partial charge is 0.456 e. The first-order chi connectivity index (χ1) is 13.4. The molecule has 1 aliphatic rings. The first-order valence-corrected chi connectivity index (χ1v) is 9.45. The molecule has 1 fully saturated rings. The van der Waals surface area contributed by atoms with Crippen LogP contribution in [0.15, 0.2) is 41.2 Å². The lowest BCUT2D eigenvalue weighted by Gasteiger charge is -2.07. The predicted octanol–water partition coefficient (Wildman–Crippen LogP) is 3.51. The first kappa shape index (κ1) is 18.2. The summed E-state index contributed by atoms with van der Waals surface area (Å²) in [4.78, 5) is 28.8. The maximum absolute atomic E-state index is 12.3. The van der Waals surface area contributed by atoms with E-state index in [0.717, 1.165) is 11.3 Å². The number of hydrogen-bond acceptors (Lipinski definition) is 4. The van der Waals surface area contributed by atoms with Gasteiger partial charge in [0.15, 0.2) is 0 Å². The van der Waals surface area contributed by atoms with Gasteiger partial charge in [0.2, 0.25) is 0 Å². The van der Waals surface area contributed by atoms with Gasteiger partial charge in [-0.15, -0.1) is 0 Å². The summed E-state index contributed by atoms with van der Waals surface area (Å²) in [6.45, 7) is 5.97. The van der Waals surface area contributed by atoms with E-state index in [4.69, 9.17) is 4.74 Å². The number of aryl methyl sites for hydroxylation is 2. The third-order valence-corrected chi connectivity index (χ3v) is 5.13. The van der Waals surface area contributed by atoms with Crippen LogP contribution in [-0.2, 0) is 16.1 Å². The van der Waals surface area contributed by atoms with Crippen LogP contribution in [0, 0.1) is 20.8 Å². The van der Waals surface area contributed by atoms with Gasteiger partial charge in [0, 0.05) is 35.3 Å². The number of carbonyl (C=O) groups excluding carboxylic acids is 1. The van der Waals surface area contributed by atoms with Crippen LogP contribution in [-0.4, -0.2) is 19.9 Å². The normalized spacial score (nSPS) is 14.1. The zero-order valence-electron chi connectivity index (χ0n) is 16.3. The van der Waals surface area contributed by atoms with Gasteiger partial charge in [-0.25, -0.2) is 9.78 Å². The number of esters is 1. The molecule has 1 aliphatic carbocycles. The Bertz CT molecular complexity index is 1150. The van der Waals surface area contributed by atoms with Crippen molar-refractivity contribution in [2.75, 3.05) is 0 Å². The van der Waals surface area contributed by atoms with E-state index >= 15 is 0 Å². The van der Waals surface area contributed by atoms with Gasteiger partial charge in [-0.2, -0.15) is 0 Å². The number of aromatic nitrogens is 3. The van der Waals surface area contributed by atoms with Crippen LogP contribution in [0.5, 0.6) is 0 Å². The number of hydrogen-bond donors (Lipinski definition) is 0. The first-order valence-electron chi connectivity index (χ1n) is 9.45. The Hall–Kier alpha value is -3.15. The summed E-state index contributed by atoms with van der Waals surface area (Å²) in [7, 11) is 0. The van der Waals surface area contributed by atoms with Gasteiger partial charge in [0.25, 0.3) is 5.56 Å². The molecular formula is C22H23N3O3. The summed E-state index contributed by atoms with van der Waals surface area (Å²) in [6.07, 6.45) is 5.66. The molecule has 0 spiro atoms. The van der Waals surface area contributed by atoms with Crippen LogP contribution >= 0.6 is 0 Å². The predicted molar refractivity (Wildman–Crippen MR) is 107 cm³/mol. The lowest BCUT2D eigenvalue weighted by molar-refractivity contribution is -0.139. The number of ether oxygens (including phenoxy) is 1. The fraction of sp³-hybridized carbons (Fsp3) is 0.318. The molecule has 6 heteroatoms. The van der Waals surface area contributed by atoms with E-state index in [1.54, 1.807) is 12.1 Å². The standard InChI is InChI=1S/C22H23N3O3/c1-14-5-4-6-20-23-18(12-21(26)25(14)20)13-28-22(27)10-7-17-11-15(2)24(16(17)3)19-8-9-19/h4-7,10-12,19H,8-9,13H2,1-3H3/b10-7+. The molecule has 4 rings (SSSR count). The van der Waals surface area contributed by atoms with E-state index in [9.17, 15) is 9.59 Å². The highest BCUT2D eigenvalue weighted by atomic mass is 16.5. The summed E-state index contributed by atoms with van der Waals surface area (Å²) >= 11 is 0. The summed E-state index contributed by atoms with van der Waals surface area (Å²) < 4.78 is 9.14. The zero-order valence-corrected chi connectivity index (χ0v) is 16.3. The molecule has 0 atom stereocenters. The quantitative estimate of drug-likeness (QED) is 0.504. The molecule has 6 nitrogen and oxygen atoms in total. The third kappa shape index (κ3) is 3.50. The van der Waals surface area contributed by atoms with Gasteiger partial charge in [-0.3, -0.25) is 9.20 Å². The van der Waals surface area contributed by atoms with E-state index in [1.807, 2.05) is 19.1 Å². The van der Waals surface area contributed by atoms with E-state index in [-0.39, 0.29) is 12.2 Å². The number of nitrogens with zero attached hydrogens (tertiary/aromatic N) is 3. The Morgan fingerprint density at radius 1 is 1.21 bits per heavy atom. The molecule has 0 saturated heterocycles.